The number of benzene rings is 3. The normalized spacial score (nSPS) is 14.8. The number of imidazole rings is 1. The maximum absolute atomic E-state index is 14.1. The third-order valence-electron chi connectivity index (χ3n) is 9.59. The molecule has 20 heteroatoms. The summed E-state index contributed by atoms with van der Waals surface area (Å²) in [7, 11) is -9.27. The van der Waals surface area contributed by atoms with Crippen LogP contribution in [0.15, 0.2) is 84.2 Å². The third-order valence-corrected chi connectivity index (χ3v) is 11.5. The summed E-state index contributed by atoms with van der Waals surface area (Å²) in [5.41, 5.74) is 0.535. The molecule has 10 nitrogen and oxygen atoms in total. The SMILES string of the molecule is CCN1\C(=C/C=C(/C=C/c2n(CC)c3cc(C)c(C(F)(F)F)cc3[n+]2CCCS(=O)(=O)[O-])Cc2ccccc2)N(CCCS(=O)(=O)[O-])c2cc(C(F)(F)F)c(Cl)cc21.[Na+]. The number of hydrogen-bond donors (Lipinski definition) is 0. The standard InChI is InChI=1S/C39H41ClF6N4O6S2.Na/c1-4-47-32-21-26(3)29(38(41,42)43)23-33(32)49(17-9-19-57(51,52)53)36(47)15-13-28(22-27-11-7-6-8-12-27)14-16-37-48(5-2)35-25-31(40)30(39(44,45)46)24-34(35)50(37)18-10-20-58(54,55)56;/h6-8,11-16,21,23-25H,4-5,9-10,17-20,22H2,1-3H3,(H-,51,52,53,54,55,56);/q;+1/p-1. The predicted octanol–water partition coefficient (Wildman–Crippen LogP) is 5.19. The summed E-state index contributed by atoms with van der Waals surface area (Å²) >= 11 is 6.12. The van der Waals surface area contributed by atoms with Gasteiger partial charge in [0.05, 0.1) is 60.9 Å². The first kappa shape index (κ1) is 48.3. The van der Waals surface area contributed by atoms with Crippen LogP contribution in [0.2, 0.25) is 5.02 Å². The number of anilines is 2. The Bertz CT molecular complexity index is 2490. The Hall–Kier alpha value is -3.36. The molecule has 59 heavy (non-hydrogen) atoms. The van der Waals surface area contributed by atoms with Crippen molar-refractivity contribution < 1.29 is 86.4 Å². The molecule has 1 aliphatic rings. The minimum Gasteiger partial charge on any atom is -0.748 e. The summed E-state index contributed by atoms with van der Waals surface area (Å²) in [6.45, 7) is 5.21. The number of aromatic nitrogens is 2. The summed E-state index contributed by atoms with van der Waals surface area (Å²) in [6, 6.07) is 13.7. The number of aryl methyl sites for hydroxylation is 3. The molecule has 2 heterocycles. The minimum absolute atomic E-state index is 0. The van der Waals surface area contributed by atoms with E-state index in [1.165, 1.54) is 28.5 Å². The van der Waals surface area contributed by atoms with Gasteiger partial charge in [0.2, 0.25) is 0 Å². The van der Waals surface area contributed by atoms with E-state index in [-0.39, 0.29) is 78.8 Å². The van der Waals surface area contributed by atoms with Crippen molar-refractivity contribution in [1.29, 1.82) is 0 Å². The van der Waals surface area contributed by atoms with Crippen LogP contribution in [0.25, 0.3) is 17.1 Å². The average molecular weight is 897 g/mol. The zero-order chi connectivity index (χ0) is 42.8. The van der Waals surface area contributed by atoms with Gasteiger partial charge in [0.1, 0.15) is 5.82 Å². The second-order valence-electron chi connectivity index (χ2n) is 13.6. The van der Waals surface area contributed by atoms with Gasteiger partial charge in [-0.1, -0.05) is 54.1 Å². The summed E-state index contributed by atoms with van der Waals surface area (Å²) in [5.74, 6) is -0.728. The molecule has 0 saturated heterocycles. The molecule has 4 aromatic rings. The van der Waals surface area contributed by atoms with Gasteiger partial charge in [-0.15, -0.1) is 0 Å². The molecular weight excluding hydrogens is 857 g/mol. The van der Waals surface area contributed by atoms with Gasteiger partial charge < -0.3 is 18.9 Å². The molecule has 0 N–H and O–H groups in total. The Morgan fingerprint density at radius 3 is 2.02 bits per heavy atom. The van der Waals surface area contributed by atoms with Crippen LogP contribution in [-0.2, 0) is 52.1 Å². The van der Waals surface area contributed by atoms with Crippen LogP contribution in [0.4, 0.5) is 37.7 Å². The number of allylic oxidation sites excluding steroid dienone is 4. The number of nitrogens with zero attached hydrogens (tertiary/aromatic N) is 4. The van der Waals surface area contributed by atoms with Gasteiger partial charge in [0.15, 0.2) is 11.0 Å². The predicted molar refractivity (Wildman–Crippen MR) is 208 cm³/mol. The van der Waals surface area contributed by atoms with Crippen molar-refractivity contribution in [3.8, 4) is 0 Å². The van der Waals surface area contributed by atoms with Crippen molar-refractivity contribution >= 4 is 60.3 Å². The summed E-state index contributed by atoms with van der Waals surface area (Å²) in [5, 5.41) is -0.540. The second kappa shape index (κ2) is 19.1. The average Bonchev–Trinajstić information content (AvgIpc) is 3.56. The van der Waals surface area contributed by atoms with Crippen molar-refractivity contribution in [1.82, 2.24) is 4.57 Å². The van der Waals surface area contributed by atoms with Gasteiger partial charge in [-0.05, 0) is 81.0 Å². The van der Waals surface area contributed by atoms with Crippen LogP contribution < -0.4 is 43.9 Å². The quantitative estimate of drug-likeness (QED) is 0.0525. The van der Waals surface area contributed by atoms with Gasteiger partial charge in [0.25, 0.3) is 5.82 Å². The van der Waals surface area contributed by atoms with Crippen molar-refractivity contribution in [3.63, 3.8) is 0 Å². The molecule has 1 aliphatic heterocycles. The largest absolute Gasteiger partial charge is 1.00 e. The van der Waals surface area contributed by atoms with E-state index >= 15 is 0 Å². The Morgan fingerprint density at radius 2 is 1.44 bits per heavy atom. The zero-order valence-corrected chi connectivity index (χ0v) is 37.0. The number of alkyl halides is 6. The summed E-state index contributed by atoms with van der Waals surface area (Å²) in [6.07, 6.45) is -2.83. The number of fused-ring (bicyclic) bond motifs is 2. The van der Waals surface area contributed by atoms with E-state index < -0.39 is 60.2 Å². The van der Waals surface area contributed by atoms with E-state index in [1.54, 1.807) is 47.6 Å². The second-order valence-corrected chi connectivity index (χ2v) is 17.1. The minimum atomic E-state index is -4.80. The van der Waals surface area contributed by atoms with Crippen LogP contribution in [0, 0.1) is 6.92 Å². The van der Waals surface area contributed by atoms with Gasteiger partial charge in [-0.25, -0.2) is 26.0 Å². The molecule has 0 radical (unpaired) electrons. The van der Waals surface area contributed by atoms with Gasteiger partial charge in [-0.2, -0.15) is 26.3 Å². The molecule has 0 bridgehead atoms. The topological polar surface area (TPSA) is 130 Å². The molecule has 314 valence electrons. The Morgan fingerprint density at radius 1 is 0.831 bits per heavy atom. The van der Waals surface area contributed by atoms with E-state index in [2.05, 4.69) is 0 Å². The summed E-state index contributed by atoms with van der Waals surface area (Å²) < 4.78 is 157. The van der Waals surface area contributed by atoms with Crippen LogP contribution in [0.3, 0.4) is 0 Å². The first-order valence-corrected chi connectivity index (χ1v) is 21.6. The van der Waals surface area contributed by atoms with Crippen LogP contribution in [-0.4, -0.2) is 55.1 Å². The van der Waals surface area contributed by atoms with E-state index in [4.69, 9.17) is 11.6 Å². The monoisotopic (exact) mass is 896 g/mol. The Balaban J connectivity index is 0.00000769. The third kappa shape index (κ3) is 11.9. The van der Waals surface area contributed by atoms with E-state index in [9.17, 15) is 52.3 Å². The molecule has 5 rings (SSSR count). The van der Waals surface area contributed by atoms with Crippen molar-refractivity contribution in [2.24, 2.45) is 0 Å². The molecule has 0 saturated carbocycles. The molecule has 1 aromatic heterocycles. The van der Waals surface area contributed by atoms with E-state index in [1.807, 2.05) is 30.3 Å². The van der Waals surface area contributed by atoms with E-state index in [0.29, 0.717) is 41.4 Å². The first-order chi connectivity index (χ1) is 27.0. The summed E-state index contributed by atoms with van der Waals surface area (Å²) in [4.78, 5) is 3.18. The number of halogens is 7. The molecule has 0 aliphatic carbocycles. The number of rotatable bonds is 15. The van der Waals surface area contributed by atoms with Crippen molar-refractivity contribution in [2.45, 2.75) is 65.5 Å². The first-order valence-electron chi connectivity index (χ1n) is 18.1. The molecule has 0 fully saturated rings. The fourth-order valence-corrected chi connectivity index (χ4v) is 8.30. The Kier molecular flexibility index (Phi) is 15.7. The molecule has 3 aromatic carbocycles. The van der Waals surface area contributed by atoms with Crippen molar-refractivity contribution in [3.05, 3.63) is 117 Å². The van der Waals surface area contributed by atoms with Crippen LogP contribution in [0.5, 0.6) is 0 Å². The van der Waals surface area contributed by atoms with Gasteiger partial charge in [-0.3, -0.25) is 0 Å². The molecule has 0 unspecified atom stereocenters. The van der Waals surface area contributed by atoms with Crippen LogP contribution in [0.1, 0.15) is 54.8 Å². The Labute approximate surface area is 366 Å². The molecular formula is C39H40ClF6N4NaO6S2. The maximum atomic E-state index is 14.1. The van der Waals surface area contributed by atoms with Crippen molar-refractivity contribution in [2.75, 3.05) is 34.4 Å². The fourth-order valence-electron chi connectivity index (χ4n) is 7.07. The molecule has 0 atom stereocenters. The molecule has 0 amide bonds. The van der Waals surface area contributed by atoms with Gasteiger partial charge >= 0.3 is 41.9 Å². The smallest absolute Gasteiger partial charge is 0.748 e. The fraction of sp³-hybridized carbons (Fsp3) is 0.359. The van der Waals surface area contributed by atoms with E-state index in [0.717, 1.165) is 17.7 Å². The number of hydrogen-bond acceptors (Lipinski definition) is 8. The van der Waals surface area contributed by atoms with Gasteiger partial charge in [0, 0.05) is 36.7 Å². The van der Waals surface area contributed by atoms with Crippen LogP contribution >= 0.6 is 11.6 Å². The zero-order valence-electron chi connectivity index (χ0n) is 32.6. The maximum Gasteiger partial charge on any atom is 1.00 e. The molecule has 0 spiro atoms.